The Hall–Kier alpha value is -1.27. The first-order chi connectivity index (χ1) is 8.88. The van der Waals surface area contributed by atoms with Crippen LogP contribution in [0.4, 0.5) is 5.69 Å². The van der Waals surface area contributed by atoms with Crippen LogP contribution in [0.3, 0.4) is 0 Å². The molecule has 0 bridgehead atoms. The van der Waals surface area contributed by atoms with Gasteiger partial charge in [0.05, 0.1) is 5.69 Å². The maximum atomic E-state index is 12.0. The third-order valence-electron chi connectivity index (χ3n) is 2.69. The van der Waals surface area contributed by atoms with Gasteiger partial charge in [-0.15, -0.1) is 0 Å². The summed E-state index contributed by atoms with van der Waals surface area (Å²) in [7, 11) is -3.59. The van der Waals surface area contributed by atoms with Gasteiger partial charge in [-0.25, -0.2) is 13.1 Å². The SMILES string of the molecule is CC(C)CCN=C1Nc2ccc(Cl)cc2S(=O)(=O)N1. The molecule has 5 nitrogen and oxygen atoms in total. The highest BCUT2D eigenvalue weighted by Crippen LogP contribution is 2.27. The molecule has 0 saturated heterocycles. The van der Waals surface area contributed by atoms with Crippen molar-refractivity contribution < 1.29 is 8.42 Å². The fourth-order valence-corrected chi connectivity index (χ4v) is 3.07. The number of hydrogen-bond donors (Lipinski definition) is 2. The molecule has 0 amide bonds. The van der Waals surface area contributed by atoms with Crippen molar-refractivity contribution in [3.8, 4) is 0 Å². The highest BCUT2D eigenvalue weighted by Gasteiger charge is 2.26. The normalized spacial score (nSPS) is 18.8. The van der Waals surface area contributed by atoms with Crippen LogP contribution in [0.15, 0.2) is 28.1 Å². The average molecular weight is 302 g/mol. The summed E-state index contributed by atoms with van der Waals surface area (Å²) in [5.41, 5.74) is 0.492. The molecule has 0 aliphatic carbocycles. The van der Waals surface area contributed by atoms with Crippen LogP contribution in [-0.4, -0.2) is 20.9 Å². The van der Waals surface area contributed by atoms with Crippen LogP contribution in [0.2, 0.25) is 5.02 Å². The second kappa shape index (κ2) is 5.38. The minimum atomic E-state index is -3.59. The summed E-state index contributed by atoms with van der Waals surface area (Å²) >= 11 is 5.81. The smallest absolute Gasteiger partial charge is 0.266 e. The number of guanidine groups is 1. The molecule has 1 heterocycles. The van der Waals surface area contributed by atoms with Gasteiger partial charge in [0.2, 0.25) is 5.96 Å². The zero-order valence-corrected chi connectivity index (χ0v) is 12.3. The van der Waals surface area contributed by atoms with E-state index in [1.807, 2.05) is 0 Å². The summed E-state index contributed by atoms with van der Waals surface area (Å²) in [6.07, 6.45) is 0.903. The van der Waals surface area contributed by atoms with Crippen LogP contribution in [0.1, 0.15) is 20.3 Å². The fraction of sp³-hybridized carbons (Fsp3) is 0.417. The summed E-state index contributed by atoms with van der Waals surface area (Å²) < 4.78 is 26.5. The molecule has 0 aromatic heterocycles. The van der Waals surface area contributed by atoms with Gasteiger partial charge in [-0.3, -0.25) is 4.99 Å². The Bertz CT molecular complexity index is 611. The highest BCUT2D eigenvalue weighted by molar-refractivity contribution is 7.90. The lowest BCUT2D eigenvalue weighted by molar-refractivity contribution is 0.589. The number of rotatable bonds is 3. The maximum Gasteiger partial charge on any atom is 0.266 e. The topological polar surface area (TPSA) is 70.6 Å². The first kappa shape index (κ1) is 14.1. The molecule has 7 heteroatoms. The molecule has 0 atom stereocenters. The summed E-state index contributed by atoms with van der Waals surface area (Å²) in [6.45, 7) is 4.76. The van der Waals surface area contributed by atoms with Gasteiger partial charge in [-0.1, -0.05) is 25.4 Å². The highest BCUT2D eigenvalue weighted by atomic mass is 35.5. The van der Waals surface area contributed by atoms with E-state index in [4.69, 9.17) is 11.6 Å². The molecule has 0 radical (unpaired) electrons. The van der Waals surface area contributed by atoms with Crippen molar-refractivity contribution in [1.82, 2.24) is 4.72 Å². The molecule has 0 fully saturated rings. The van der Waals surface area contributed by atoms with Gasteiger partial charge >= 0.3 is 0 Å². The van der Waals surface area contributed by atoms with Crippen LogP contribution < -0.4 is 10.0 Å². The molecule has 2 N–H and O–H groups in total. The van der Waals surface area contributed by atoms with Gasteiger partial charge in [0, 0.05) is 11.6 Å². The molecular weight excluding hydrogens is 286 g/mol. The molecule has 1 aliphatic heterocycles. The van der Waals surface area contributed by atoms with E-state index in [0.29, 0.717) is 23.2 Å². The van der Waals surface area contributed by atoms with Crippen molar-refractivity contribution in [3.63, 3.8) is 0 Å². The number of aliphatic imine (C=N–C) groups is 1. The Morgan fingerprint density at radius 2 is 2.11 bits per heavy atom. The molecular formula is C12H16ClN3O2S. The van der Waals surface area contributed by atoms with E-state index < -0.39 is 10.0 Å². The predicted molar refractivity (Wildman–Crippen MR) is 77.2 cm³/mol. The maximum absolute atomic E-state index is 12.0. The van der Waals surface area contributed by atoms with Crippen LogP contribution in [0, 0.1) is 5.92 Å². The standard InChI is InChI=1S/C12H16ClN3O2S/c1-8(2)5-6-14-12-15-10-4-3-9(13)7-11(10)19(17,18)16-12/h3-4,7-8H,5-6H2,1-2H3,(H2,14,15,16). The molecule has 19 heavy (non-hydrogen) atoms. The minimum Gasteiger partial charge on any atom is -0.324 e. The van der Waals surface area contributed by atoms with Crippen molar-refractivity contribution in [2.24, 2.45) is 10.9 Å². The first-order valence-electron chi connectivity index (χ1n) is 6.02. The molecule has 1 aliphatic rings. The van der Waals surface area contributed by atoms with E-state index in [1.165, 1.54) is 6.07 Å². The lowest BCUT2D eigenvalue weighted by Crippen LogP contribution is -2.40. The van der Waals surface area contributed by atoms with Crippen molar-refractivity contribution in [3.05, 3.63) is 23.2 Å². The minimum absolute atomic E-state index is 0.141. The summed E-state index contributed by atoms with van der Waals surface area (Å²) in [4.78, 5) is 4.36. The lowest BCUT2D eigenvalue weighted by atomic mass is 10.1. The Labute approximate surface area is 118 Å². The zero-order valence-electron chi connectivity index (χ0n) is 10.8. The van der Waals surface area contributed by atoms with E-state index in [1.54, 1.807) is 12.1 Å². The van der Waals surface area contributed by atoms with Gasteiger partial charge < -0.3 is 5.32 Å². The van der Waals surface area contributed by atoms with Crippen molar-refractivity contribution in [2.45, 2.75) is 25.2 Å². The fourth-order valence-electron chi connectivity index (χ4n) is 1.66. The third kappa shape index (κ3) is 3.39. The predicted octanol–water partition coefficient (Wildman–Crippen LogP) is 2.45. The Kier molecular flexibility index (Phi) is 4.01. The van der Waals surface area contributed by atoms with Crippen LogP contribution in [0.5, 0.6) is 0 Å². The number of hydrogen-bond acceptors (Lipinski definition) is 3. The average Bonchev–Trinajstić information content (AvgIpc) is 2.29. The van der Waals surface area contributed by atoms with Crippen LogP contribution >= 0.6 is 11.6 Å². The second-order valence-corrected chi connectivity index (χ2v) is 6.87. The number of fused-ring (bicyclic) bond motifs is 1. The quantitative estimate of drug-likeness (QED) is 0.901. The molecule has 0 unspecified atom stereocenters. The van der Waals surface area contributed by atoms with E-state index in [2.05, 4.69) is 28.9 Å². The molecule has 2 rings (SSSR count). The third-order valence-corrected chi connectivity index (χ3v) is 4.31. The van der Waals surface area contributed by atoms with E-state index in [-0.39, 0.29) is 10.9 Å². The van der Waals surface area contributed by atoms with E-state index >= 15 is 0 Å². The van der Waals surface area contributed by atoms with Crippen LogP contribution in [-0.2, 0) is 10.0 Å². The van der Waals surface area contributed by atoms with Gasteiger partial charge in [0.1, 0.15) is 4.90 Å². The van der Waals surface area contributed by atoms with E-state index in [9.17, 15) is 8.42 Å². The summed E-state index contributed by atoms with van der Waals surface area (Å²) in [6, 6.07) is 4.69. The molecule has 1 aromatic carbocycles. The number of nitrogens with one attached hydrogen (secondary N) is 2. The Balaban J connectivity index is 2.26. The number of benzene rings is 1. The summed E-state index contributed by atoms with van der Waals surface area (Å²) in [5.74, 6) is 0.783. The van der Waals surface area contributed by atoms with Crippen LogP contribution in [0.25, 0.3) is 0 Å². The van der Waals surface area contributed by atoms with Gasteiger partial charge in [-0.2, -0.15) is 0 Å². The lowest BCUT2D eigenvalue weighted by Gasteiger charge is -2.21. The van der Waals surface area contributed by atoms with Gasteiger partial charge in [-0.05, 0) is 30.5 Å². The van der Waals surface area contributed by atoms with E-state index in [0.717, 1.165) is 6.42 Å². The number of nitrogens with zero attached hydrogens (tertiary/aromatic N) is 1. The Morgan fingerprint density at radius 1 is 1.37 bits per heavy atom. The summed E-state index contributed by atoms with van der Waals surface area (Å²) in [5, 5.41) is 3.34. The molecule has 1 aromatic rings. The second-order valence-electron chi connectivity index (χ2n) is 4.78. The number of halogens is 1. The first-order valence-corrected chi connectivity index (χ1v) is 7.88. The van der Waals surface area contributed by atoms with Gasteiger partial charge in [0.25, 0.3) is 10.0 Å². The number of anilines is 1. The Morgan fingerprint density at radius 3 is 2.79 bits per heavy atom. The zero-order chi connectivity index (χ0) is 14.0. The largest absolute Gasteiger partial charge is 0.324 e. The number of sulfonamides is 1. The van der Waals surface area contributed by atoms with Gasteiger partial charge in [0.15, 0.2) is 0 Å². The molecule has 104 valence electrons. The molecule has 0 spiro atoms. The molecule has 0 saturated carbocycles. The van der Waals surface area contributed by atoms with Crippen molar-refractivity contribution in [1.29, 1.82) is 0 Å². The van der Waals surface area contributed by atoms with Crippen molar-refractivity contribution >= 4 is 33.3 Å². The monoisotopic (exact) mass is 301 g/mol. The van der Waals surface area contributed by atoms with Crippen molar-refractivity contribution in [2.75, 3.05) is 11.9 Å².